The van der Waals surface area contributed by atoms with Crippen LogP contribution in [-0.2, 0) is 15.9 Å². The van der Waals surface area contributed by atoms with Crippen LogP contribution < -0.4 is 5.63 Å². The van der Waals surface area contributed by atoms with Gasteiger partial charge < -0.3 is 13.9 Å². The van der Waals surface area contributed by atoms with E-state index >= 15 is 0 Å². The van der Waals surface area contributed by atoms with Crippen LogP contribution in [0.4, 0.5) is 0 Å². The van der Waals surface area contributed by atoms with Gasteiger partial charge in [0, 0.05) is 25.2 Å². The molecule has 0 aliphatic carbocycles. The number of ether oxygens (including phenoxy) is 2. The molecule has 0 fully saturated rings. The minimum absolute atomic E-state index is 0.297. The van der Waals surface area contributed by atoms with Crippen LogP contribution in [0.15, 0.2) is 39.5 Å². The molecule has 0 unspecified atom stereocenters. The van der Waals surface area contributed by atoms with E-state index in [-0.39, 0.29) is 5.63 Å². The van der Waals surface area contributed by atoms with Gasteiger partial charge in [-0.2, -0.15) is 0 Å². The second-order valence-corrected chi connectivity index (χ2v) is 4.30. The minimum Gasteiger partial charge on any atom is -0.423 e. The van der Waals surface area contributed by atoms with Gasteiger partial charge in [-0.05, 0) is 24.5 Å². The second-order valence-electron chi connectivity index (χ2n) is 4.30. The summed E-state index contributed by atoms with van der Waals surface area (Å²) in [5.74, 6) is 0. The van der Waals surface area contributed by atoms with Gasteiger partial charge in [0.2, 0.25) is 0 Å². The number of aryl methyl sites for hydroxylation is 1. The van der Waals surface area contributed by atoms with Crippen molar-refractivity contribution in [1.82, 2.24) is 0 Å². The molecule has 1 aromatic heterocycles. The molecule has 0 saturated heterocycles. The fraction of sp³-hybridized carbons (Fsp3) is 0.400. The summed E-state index contributed by atoms with van der Waals surface area (Å²) in [5.41, 5.74) is 1.36. The number of methoxy groups -OCH3 is 1. The summed E-state index contributed by atoms with van der Waals surface area (Å²) in [6.07, 6.45) is 1.68. The third-order valence-corrected chi connectivity index (χ3v) is 2.90. The molecule has 2 rings (SSSR count). The molecular formula is C15H18O4. The van der Waals surface area contributed by atoms with E-state index in [0.717, 1.165) is 23.8 Å². The standard InChI is InChI=1S/C15H18O4/c1-17-9-10-18-8-4-5-12-11-15(16)19-14-7-3-2-6-13(12)14/h2-3,6-7,11H,4-5,8-10H2,1H3. The van der Waals surface area contributed by atoms with Crippen LogP contribution in [0.3, 0.4) is 0 Å². The van der Waals surface area contributed by atoms with Gasteiger partial charge in [-0.3, -0.25) is 0 Å². The fourth-order valence-electron chi connectivity index (χ4n) is 1.99. The molecule has 0 amide bonds. The van der Waals surface area contributed by atoms with Crippen LogP contribution in [0.2, 0.25) is 0 Å². The summed E-state index contributed by atoms with van der Waals surface area (Å²) in [7, 11) is 1.65. The Bertz CT molecular complexity index is 574. The van der Waals surface area contributed by atoms with Crippen molar-refractivity contribution in [3.8, 4) is 0 Å². The van der Waals surface area contributed by atoms with Crippen molar-refractivity contribution in [2.45, 2.75) is 12.8 Å². The van der Waals surface area contributed by atoms with Crippen molar-refractivity contribution >= 4 is 11.0 Å². The monoisotopic (exact) mass is 262 g/mol. The molecule has 0 atom stereocenters. The molecule has 0 aliphatic rings. The largest absolute Gasteiger partial charge is 0.423 e. The molecule has 2 aromatic rings. The van der Waals surface area contributed by atoms with Gasteiger partial charge >= 0.3 is 5.63 Å². The lowest BCUT2D eigenvalue weighted by Gasteiger charge is -2.06. The van der Waals surface area contributed by atoms with E-state index in [0.29, 0.717) is 25.4 Å². The molecule has 19 heavy (non-hydrogen) atoms. The average molecular weight is 262 g/mol. The number of hydrogen-bond acceptors (Lipinski definition) is 4. The molecule has 4 nitrogen and oxygen atoms in total. The summed E-state index contributed by atoms with van der Waals surface area (Å²) < 4.78 is 15.5. The van der Waals surface area contributed by atoms with Crippen molar-refractivity contribution in [2.24, 2.45) is 0 Å². The summed E-state index contributed by atoms with van der Waals surface area (Å²) in [5, 5.41) is 0.999. The lowest BCUT2D eigenvalue weighted by molar-refractivity contribution is 0.0696. The summed E-state index contributed by atoms with van der Waals surface area (Å²) in [6.45, 7) is 1.88. The second kappa shape index (κ2) is 7.07. The van der Waals surface area contributed by atoms with E-state index in [9.17, 15) is 4.79 Å². The van der Waals surface area contributed by atoms with Crippen LogP contribution in [-0.4, -0.2) is 26.9 Å². The van der Waals surface area contributed by atoms with Gasteiger partial charge in [0.05, 0.1) is 13.2 Å². The summed E-state index contributed by atoms with van der Waals surface area (Å²) in [6, 6.07) is 9.16. The lowest BCUT2D eigenvalue weighted by Crippen LogP contribution is -2.05. The highest BCUT2D eigenvalue weighted by atomic mass is 16.5. The van der Waals surface area contributed by atoms with E-state index in [1.165, 1.54) is 0 Å². The predicted molar refractivity (Wildman–Crippen MR) is 73.5 cm³/mol. The highest BCUT2D eigenvalue weighted by Gasteiger charge is 2.04. The molecule has 4 heteroatoms. The number of benzene rings is 1. The quantitative estimate of drug-likeness (QED) is 0.568. The van der Waals surface area contributed by atoms with Crippen LogP contribution in [0.1, 0.15) is 12.0 Å². The Labute approximate surface area is 111 Å². The Kier molecular flexibility index (Phi) is 5.12. The first-order chi connectivity index (χ1) is 9.31. The molecule has 102 valence electrons. The highest BCUT2D eigenvalue weighted by molar-refractivity contribution is 5.79. The van der Waals surface area contributed by atoms with E-state index in [4.69, 9.17) is 13.9 Å². The molecule has 0 bridgehead atoms. The van der Waals surface area contributed by atoms with Gasteiger partial charge in [-0.1, -0.05) is 18.2 Å². The number of rotatable bonds is 7. The zero-order valence-corrected chi connectivity index (χ0v) is 11.1. The topological polar surface area (TPSA) is 48.7 Å². The number of hydrogen-bond donors (Lipinski definition) is 0. The van der Waals surface area contributed by atoms with Gasteiger partial charge in [-0.15, -0.1) is 0 Å². The predicted octanol–water partition coefficient (Wildman–Crippen LogP) is 2.39. The van der Waals surface area contributed by atoms with Crippen molar-refractivity contribution in [1.29, 1.82) is 0 Å². The maximum absolute atomic E-state index is 11.5. The van der Waals surface area contributed by atoms with Crippen LogP contribution in [0.5, 0.6) is 0 Å². The highest BCUT2D eigenvalue weighted by Crippen LogP contribution is 2.17. The smallest absolute Gasteiger partial charge is 0.336 e. The zero-order chi connectivity index (χ0) is 13.5. The van der Waals surface area contributed by atoms with Gasteiger partial charge in [0.25, 0.3) is 0 Å². The maximum atomic E-state index is 11.5. The van der Waals surface area contributed by atoms with Gasteiger partial charge in [0.1, 0.15) is 5.58 Å². The molecule has 0 N–H and O–H groups in total. The van der Waals surface area contributed by atoms with Crippen LogP contribution in [0.25, 0.3) is 11.0 Å². The molecule has 1 aromatic carbocycles. The fourth-order valence-corrected chi connectivity index (χ4v) is 1.99. The van der Waals surface area contributed by atoms with E-state index in [2.05, 4.69) is 0 Å². The Balaban J connectivity index is 1.98. The lowest BCUT2D eigenvalue weighted by atomic mass is 10.1. The first-order valence-corrected chi connectivity index (χ1v) is 6.39. The summed E-state index contributed by atoms with van der Waals surface area (Å²) >= 11 is 0. The average Bonchev–Trinajstić information content (AvgIpc) is 2.42. The molecule has 0 saturated carbocycles. The Hall–Kier alpha value is -1.65. The van der Waals surface area contributed by atoms with Gasteiger partial charge in [0.15, 0.2) is 0 Å². The molecular weight excluding hydrogens is 244 g/mol. The summed E-state index contributed by atoms with van der Waals surface area (Å²) in [4.78, 5) is 11.5. The Morgan fingerprint density at radius 3 is 2.84 bits per heavy atom. The number of para-hydroxylation sites is 1. The van der Waals surface area contributed by atoms with Crippen molar-refractivity contribution in [2.75, 3.05) is 26.9 Å². The third kappa shape index (κ3) is 3.91. The van der Waals surface area contributed by atoms with E-state index in [1.807, 2.05) is 24.3 Å². The first kappa shape index (κ1) is 13.8. The van der Waals surface area contributed by atoms with Crippen molar-refractivity contribution < 1.29 is 13.9 Å². The molecule has 0 aliphatic heterocycles. The number of fused-ring (bicyclic) bond motifs is 1. The third-order valence-electron chi connectivity index (χ3n) is 2.90. The Morgan fingerprint density at radius 2 is 2.00 bits per heavy atom. The maximum Gasteiger partial charge on any atom is 0.336 e. The van der Waals surface area contributed by atoms with E-state index < -0.39 is 0 Å². The van der Waals surface area contributed by atoms with Crippen molar-refractivity contribution in [3.05, 3.63) is 46.3 Å². The molecule has 1 heterocycles. The van der Waals surface area contributed by atoms with Crippen molar-refractivity contribution in [3.63, 3.8) is 0 Å². The first-order valence-electron chi connectivity index (χ1n) is 6.39. The zero-order valence-electron chi connectivity index (χ0n) is 11.1. The molecule has 0 spiro atoms. The normalized spacial score (nSPS) is 11.0. The minimum atomic E-state index is -0.297. The SMILES string of the molecule is COCCOCCCc1cc(=O)oc2ccccc12. The van der Waals surface area contributed by atoms with Crippen LogP contribution in [0, 0.1) is 0 Å². The Morgan fingerprint density at radius 1 is 1.16 bits per heavy atom. The van der Waals surface area contributed by atoms with Crippen LogP contribution >= 0.6 is 0 Å². The van der Waals surface area contributed by atoms with E-state index in [1.54, 1.807) is 13.2 Å². The molecule has 0 radical (unpaired) electrons. The van der Waals surface area contributed by atoms with Gasteiger partial charge in [-0.25, -0.2) is 4.79 Å².